The Morgan fingerprint density at radius 2 is 1.67 bits per heavy atom. The first-order valence-corrected chi connectivity index (χ1v) is 10.8. The number of halogens is 1. The van der Waals surface area contributed by atoms with Gasteiger partial charge in [-0.2, -0.15) is 0 Å². The van der Waals surface area contributed by atoms with Crippen molar-refractivity contribution in [3.8, 4) is 5.75 Å². The Hall–Kier alpha value is -2.57. The van der Waals surface area contributed by atoms with Crippen LogP contribution in [-0.4, -0.2) is 59.4 Å². The summed E-state index contributed by atoms with van der Waals surface area (Å²) in [6.07, 6.45) is 4.18. The number of hydrogen-bond acceptors (Lipinski definition) is 4. The van der Waals surface area contributed by atoms with Gasteiger partial charge < -0.3 is 15.3 Å². The molecule has 1 aliphatic carbocycles. The van der Waals surface area contributed by atoms with E-state index in [1.165, 1.54) is 5.56 Å². The van der Waals surface area contributed by atoms with Gasteiger partial charge in [0, 0.05) is 26.2 Å². The number of piperazine rings is 1. The smallest absolute Gasteiger partial charge is 0.257 e. The highest BCUT2D eigenvalue weighted by atomic mass is 35.5. The van der Waals surface area contributed by atoms with Crippen LogP contribution in [0.4, 0.5) is 5.69 Å². The number of aromatic hydroxyl groups is 1. The second kappa shape index (κ2) is 9.06. The van der Waals surface area contributed by atoms with Crippen LogP contribution < -0.4 is 5.32 Å². The van der Waals surface area contributed by atoms with E-state index in [2.05, 4.69) is 5.32 Å². The van der Waals surface area contributed by atoms with Crippen LogP contribution in [0, 0.1) is 0 Å². The minimum atomic E-state index is -0.138. The summed E-state index contributed by atoms with van der Waals surface area (Å²) in [5, 5.41) is 13.7. The van der Waals surface area contributed by atoms with Crippen LogP contribution in [0.5, 0.6) is 5.75 Å². The van der Waals surface area contributed by atoms with Crippen molar-refractivity contribution in [2.24, 2.45) is 0 Å². The number of phenolic OH excluding ortho intramolecular Hbond substituents is 1. The van der Waals surface area contributed by atoms with Crippen molar-refractivity contribution in [1.82, 2.24) is 9.80 Å². The lowest BCUT2D eigenvalue weighted by Crippen LogP contribution is -2.50. The number of carbonyl (C=O) groups excluding carboxylic acids is 2. The topological polar surface area (TPSA) is 72.9 Å². The van der Waals surface area contributed by atoms with Crippen molar-refractivity contribution in [2.45, 2.75) is 25.7 Å². The van der Waals surface area contributed by atoms with Gasteiger partial charge in [-0.1, -0.05) is 23.7 Å². The summed E-state index contributed by atoms with van der Waals surface area (Å²) in [5.41, 5.74) is 3.32. The van der Waals surface area contributed by atoms with Gasteiger partial charge in [-0.05, 0) is 61.1 Å². The Labute approximate surface area is 181 Å². The van der Waals surface area contributed by atoms with E-state index in [4.69, 9.17) is 11.6 Å². The lowest BCUT2D eigenvalue weighted by molar-refractivity contribution is -0.117. The molecule has 0 aromatic heterocycles. The van der Waals surface area contributed by atoms with Crippen molar-refractivity contribution in [1.29, 1.82) is 0 Å². The first kappa shape index (κ1) is 20.7. The number of rotatable bonds is 4. The van der Waals surface area contributed by atoms with E-state index in [9.17, 15) is 14.7 Å². The number of amides is 2. The summed E-state index contributed by atoms with van der Waals surface area (Å²) in [5.74, 6) is -0.196. The minimum Gasteiger partial charge on any atom is -0.507 e. The van der Waals surface area contributed by atoms with Gasteiger partial charge >= 0.3 is 0 Å². The van der Waals surface area contributed by atoms with Crippen LogP contribution in [0.2, 0.25) is 5.02 Å². The molecule has 30 heavy (non-hydrogen) atoms. The zero-order valence-corrected chi connectivity index (χ0v) is 17.6. The van der Waals surface area contributed by atoms with Gasteiger partial charge in [0.2, 0.25) is 5.91 Å². The summed E-state index contributed by atoms with van der Waals surface area (Å²) in [6, 6.07) is 10.8. The average molecular weight is 428 g/mol. The fraction of sp³-hybridized carbons (Fsp3) is 0.391. The van der Waals surface area contributed by atoms with Crippen LogP contribution in [0.25, 0.3) is 0 Å². The minimum absolute atomic E-state index is 0.0715. The van der Waals surface area contributed by atoms with E-state index in [1.807, 2.05) is 23.1 Å². The quantitative estimate of drug-likeness (QED) is 0.785. The molecular formula is C23H26ClN3O3. The molecule has 2 aromatic rings. The second-order valence-electron chi connectivity index (χ2n) is 7.94. The van der Waals surface area contributed by atoms with Gasteiger partial charge in [-0.15, -0.1) is 0 Å². The maximum Gasteiger partial charge on any atom is 0.257 e. The molecule has 6 nitrogen and oxygen atoms in total. The molecule has 0 atom stereocenters. The molecule has 0 unspecified atom stereocenters. The number of anilines is 1. The van der Waals surface area contributed by atoms with Gasteiger partial charge in [0.25, 0.3) is 5.91 Å². The fourth-order valence-electron chi connectivity index (χ4n) is 4.18. The summed E-state index contributed by atoms with van der Waals surface area (Å²) in [6.45, 7) is 2.50. The van der Waals surface area contributed by atoms with Gasteiger partial charge in [-0.25, -0.2) is 0 Å². The molecule has 2 aromatic carbocycles. The van der Waals surface area contributed by atoms with Gasteiger partial charge in [0.1, 0.15) is 5.75 Å². The highest BCUT2D eigenvalue weighted by Crippen LogP contribution is 2.29. The molecule has 158 valence electrons. The average Bonchev–Trinajstić information content (AvgIpc) is 2.75. The van der Waals surface area contributed by atoms with Crippen molar-refractivity contribution in [3.63, 3.8) is 0 Å². The van der Waals surface area contributed by atoms with Gasteiger partial charge in [0.15, 0.2) is 0 Å². The largest absolute Gasteiger partial charge is 0.507 e. The number of nitrogens with one attached hydrogen (secondary N) is 1. The Morgan fingerprint density at radius 1 is 1.00 bits per heavy atom. The van der Waals surface area contributed by atoms with Crippen molar-refractivity contribution in [2.75, 3.05) is 38.0 Å². The zero-order chi connectivity index (χ0) is 21.1. The second-order valence-corrected chi connectivity index (χ2v) is 8.35. The first-order valence-electron chi connectivity index (χ1n) is 10.4. The number of nitrogens with zero attached hydrogens (tertiary/aromatic N) is 2. The Kier molecular flexibility index (Phi) is 6.25. The number of carbonyl (C=O) groups is 2. The molecule has 1 heterocycles. The third-order valence-corrected chi connectivity index (χ3v) is 6.19. The van der Waals surface area contributed by atoms with E-state index in [0.29, 0.717) is 42.5 Å². The number of benzene rings is 2. The van der Waals surface area contributed by atoms with E-state index >= 15 is 0 Å². The summed E-state index contributed by atoms with van der Waals surface area (Å²) < 4.78 is 0. The maximum absolute atomic E-state index is 13.0. The molecule has 1 aliphatic heterocycles. The normalized spacial score (nSPS) is 16.8. The summed E-state index contributed by atoms with van der Waals surface area (Å²) in [7, 11) is 0. The molecule has 0 spiro atoms. The Bertz CT molecular complexity index is 955. The van der Waals surface area contributed by atoms with Crippen LogP contribution >= 0.6 is 11.6 Å². The number of fused-ring (bicyclic) bond motifs is 1. The molecule has 7 heteroatoms. The van der Waals surface area contributed by atoms with Crippen molar-refractivity contribution >= 4 is 29.1 Å². The SMILES string of the molecule is O=C(CN1CCN(C(=O)c2cc3c(cc2O)CCCC3)CC1)Nc1ccccc1Cl. The molecule has 2 amide bonds. The lowest BCUT2D eigenvalue weighted by atomic mass is 9.89. The number of hydrogen-bond donors (Lipinski definition) is 2. The number of phenols is 1. The predicted molar refractivity (Wildman–Crippen MR) is 117 cm³/mol. The molecule has 0 bridgehead atoms. The summed E-state index contributed by atoms with van der Waals surface area (Å²) in [4.78, 5) is 29.1. The van der Waals surface area contributed by atoms with Crippen LogP contribution in [0.1, 0.15) is 34.3 Å². The van der Waals surface area contributed by atoms with E-state index in [0.717, 1.165) is 31.2 Å². The van der Waals surface area contributed by atoms with E-state index in [-0.39, 0.29) is 24.1 Å². The first-order chi connectivity index (χ1) is 14.5. The lowest BCUT2D eigenvalue weighted by Gasteiger charge is -2.34. The fourth-order valence-corrected chi connectivity index (χ4v) is 4.36. The Balaban J connectivity index is 1.33. The molecule has 1 saturated heterocycles. The Morgan fingerprint density at radius 3 is 2.37 bits per heavy atom. The monoisotopic (exact) mass is 427 g/mol. The third kappa shape index (κ3) is 4.60. The maximum atomic E-state index is 13.0. The molecular weight excluding hydrogens is 402 g/mol. The zero-order valence-electron chi connectivity index (χ0n) is 16.9. The highest BCUT2D eigenvalue weighted by Gasteiger charge is 2.26. The van der Waals surface area contributed by atoms with Crippen molar-refractivity contribution in [3.05, 3.63) is 58.1 Å². The molecule has 0 radical (unpaired) electrons. The molecule has 4 rings (SSSR count). The van der Waals surface area contributed by atoms with E-state index in [1.54, 1.807) is 23.1 Å². The molecule has 0 saturated carbocycles. The standard InChI is InChI=1S/C23H26ClN3O3/c24-19-7-3-4-8-20(19)25-22(29)15-26-9-11-27(12-10-26)23(30)18-13-16-5-1-2-6-17(16)14-21(18)28/h3-4,7-8,13-14,28H,1-2,5-6,9-12,15H2,(H,25,29). The number of para-hydroxylation sites is 1. The molecule has 2 N–H and O–H groups in total. The third-order valence-electron chi connectivity index (χ3n) is 5.87. The number of aryl methyl sites for hydroxylation is 2. The van der Waals surface area contributed by atoms with E-state index < -0.39 is 0 Å². The highest BCUT2D eigenvalue weighted by molar-refractivity contribution is 6.33. The predicted octanol–water partition coefficient (Wildman–Crippen LogP) is 3.32. The van der Waals surface area contributed by atoms with Crippen LogP contribution in [0.3, 0.4) is 0 Å². The van der Waals surface area contributed by atoms with Gasteiger partial charge in [0.05, 0.1) is 22.8 Å². The van der Waals surface area contributed by atoms with Gasteiger partial charge in [-0.3, -0.25) is 14.5 Å². The van der Waals surface area contributed by atoms with Crippen LogP contribution in [-0.2, 0) is 17.6 Å². The summed E-state index contributed by atoms with van der Waals surface area (Å²) >= 11 is 6.09. The molecule has 1 fully saturated rings. The molecule has 2 aliphatic rings. The van der Waals surface area contributed by atoms with Crippen molar-refractivity contribution < 1.29 is 14.7 Å². The van der Waals surface area contributed by atoms with Crippen LogP contribution in [0.15, 0.2) is 36.4 Å².